The molecule has 1 heterocycles. The molecule has 8 heteroatoms. The lowest BCUT2D eigenvalue weighted by Crippen LogP contribution is -2.26. The molecule has 1 N–H and O–H groups in total. The average molecular weight is 288 g/mol. The van der Waals surface area contributed by atoms with E-state index >= 15 is 0 Å². The summed E-state index contributed by atoms with van der Waals surface area (Å²) < 4.78 is 11.9. The van der Waals surface area contributed by atoms with Gasteiger partial charge in [-0.3, -0.25) is 9.59 Å². The molecule has 0 spiro atoms. The van der Waals surface area contributed by atoms with Crippen LogP contribution in [-0.2, 0) is 20.8 Å². The van der Waals surface area contributed by atoms with E-state index in [0.29, 0.717) is 18.3 Å². The van der Waals surface area contributed by atoms with Gasteiger partial charge in [0.25, 0.3) is 5.56 Å². The van der Waals surface area contributed by atoms with Gasteiger partial charge in [0.1, 0.15) is 0 Å². The highest BCUT2D eigenvalue weighted by atomic mass is 32.2. The van der Waals surface area contributed by atoms with E-state index in [0.717, 1.165) is 11.8 Å². The highest BCUT2D eigenvalue weighted by Gasteiger charge is 2.12. The number of rotatable bonds is 8. The highest BCUT2D eigenvalue weighted by Crippen LogP contribution is 2.14. The first-order valence-corrected chi connectivity index (χ1v) is 6.49. The number of nitrogens with zero attached hydrogens (tertiary/aromatic N) is 2. The number of aliphatic carboxylic acids is 1. The van der Waals surface area contributed by atoms with E-state index in [2.05, 4.69) is 4.98 Å². The Hall–Kier alpha value is -1.38. The summed E-state index contributed by atoms with van der Waals surface area (Å²) in [6.45, 7) is 0.825. The third-order valence-electron chi connectivity index (χ3n) is 2.26. The van der Waals surface area contributed by atoms with Crippen LogP contribution in [0.3, 0.4) is 0 Å². The van der Waals surface area contributed by atoms with Crippen LogP contribution in [0.1, 0.15) is 0 Å². The predicted octanol–water partition coefficient (Wildman–Crippen LogP) is 0.0814. The van der Waals surface area contributed by atoms with Crippen molar-refractivity contribution in [1.29, 1.82) is 0 Å². The highest BCUT2D eigenvalue weighted by molar-refractivity contribution is 7.99. The SMILES string of the molecule is COCC(Cn1ccc(=O)nc1SCC(=O)O)OC. The van der Waals surface area contributed by atoms with Crippen molar-refractivity contribution in [3.8, 4) is 0 Å². The molecule has 0 amide bonds. The van der Waals surface area contributed by atoms with E-state index in [4.69, 9.17) is 14.6 Å². The van der Waals surface area contributed by atoms with Gasteiger partial charge in [0, 0.05) is 26.5 Å². The van der Waals surface area contributed by atoms with E-state index in [-0.39, 0.29) is 11.9 Å². The average Bonchev–Trinajstić information content (AvgIpc) is 2.38. The second-order valence-electron chi connectivity index (χ2n) is 3.70. The van der Waals surface area contributed by atoms with Gasteiger partial charge in [-0.25, -0.2) is 0 Å². The lowest BCUT2D eigenvalue weighted by Gasteiger charge is -2.18. The maximum Gasteiger partial charge on any atom is 0.313 e. The van der Waals surface area contributed by atoms with Crippen LogP contribution in [0.25, 0.3) is 0 Å². The zero-order valence-electron chi connectivity index (χ0n) is 10.7. The van der Waals surface area contributed by atoms with E-state index in [1.165, 1.54) is 6.07 Å². The Labute approximate surface area is 114 Å². The van der Waals surface area contributed by atoms with Gasteiger partial charge in [-0.05, 0) is 0 Å². The second-order valence-corrected chi connectivity index (χ2v) is 4.64. The molecule has 1 rings (SSSR count). The molecule has 0 aliphatic carbocycles. The number of carboxylic acid groups (broad SMARTS) is 1. The zero-order chi connectivity index (χ0) is 14.3. The van der Waals surface area contributed by atoms with Crippen LogP contribution in [0.5, 0.6) is 0 Å². The fraction of sp³-hybridized carbons (Fsp3) is 0.545. The van der Waals surface area contributed by atoms with E-state index < -0.39 is 11.5 Å². The number of carboxylic acids is 1. The normalized spacial score (nSPS) is 12.3. The Morgan fingerprint density at radius 1 is 1.58 bits per heavy atom. The molecular weight excluding hydrogens is 272 g/mol. The second kappa shape index (κ2) is 7.93. The van der Waals surface area contributed by atoms with Crippen molar-refractivity contribution in [3.05, 3.63) is 22.6 Å². The minimum absolute atomic E-state index is 0.154. The maximum absolute atomic E-state index is 11.2. The number of ether oxygens (including phenoxy) is 2. The van der Waals surface area contributed by atoms with Crippen LogP contribution in [0.4, 0.5) is 0 Å². The van der Waals surface area contributed by atoms with Gasteiger partial charge >= 0.3 is 5.97 Å². The molecule has 0 saturated heterocycles. The fourth-order valence-corrected chi connectivity index (χ4v) is 2.10. The number of methoxy groups -OCH3 is 2. The number of thioether (sulfide) groups is 1. The Balaban J connectivity index is 2.85. The summed E-state index contributed by atoms with van der Waals surface area (Å²) in [6, 6.07) is 1.32. The number of carbonyl (C=O) groups is 1. The Morgan fingerprint density at radius 3 is 2.89 bits per heavy atom. The molecule has 0 aliphatic heterocycles. The standard InChI is InChI=1S/C11H16N2O5S/c1-17-6-8(18-2)5-13-4-3-9(14)12-11(13)19-7-10(15)16/h3-4,8H,5-7H2,1-2H3,(H,15,16). The van der Waals surface area contributed by atoms with Gasteiger partial charge < -0.3 is 19.1 Å². The summed E-state index contributed by atoms with van der Waals surface area (Å²) in [7, 11) is 3.12. The lowest BCUT2D eigenvalue weighted by molar-refractivity contribution is -0.133. The van der Waals surface area contributed by atoms with Crippen molar-refractivity contribution in [2.24, 2.45) is 0 Å². The minimum atomic E-state index is -0.963. The van der Waals surface area contributed by atoms with Crippen molar-refractivity contribution in [3.63, 3.8) is 0 Å². The fourth-order valence-electron chi connectivity index (χ4n) is 1.39. The molecular formula is C11H16N2O5S. The Bertz CT molecular complexity index is 476. The third kappa shape index (κ3) is 5.41. The summed E-state index contributed by atoms with van der Waals surface area (Å²) in [6.07, 6.45) is 1.37. The predicted molar refractivity (Wildman–Crippen MR) is 69.5 cm³/mol. The van der Waals surface area contributed by atoms with Crippen molar-refractivity contribution < 1.29 is 19.4 Å². The Kier molecular flexibility index (Phi) is 6.54. The first-order chi connectivity index (χ1) is 9.06. The van der Waals surface area contributed by atoms with Crippen LogP contribution in [-0.4, -0.2) is 53.3 Å². The van der Waals surface area contributed by atoms with Crippen molar-refractivity contribution in [1.82, 2.24) is 9.55 Å². The van der Waals surface area contributed by atoms with Crippen molar-refractivity contribution in [2.45, 2.75) is 17.8 Å². The van der Waals surface area contributed by atoms with Gasteiger partial charge in [0.2, 0.25) is 0 Å². The van der Waals surface area contributed by atoms with E-state index in [9.17, 15) is 9.59 Å². The van der Waals surface area contributed by atoms with Crippen molar-refractivity contribution in [2.75, 3.05) is 26.6 Å². The molecule has 19 heavy (non-hydrogen) atoms. The van der Waals surface area contributed by atoms with Crippen LogP contribution in [0.2, 0.25) is 0 Å². The summed E-state index contributed by atoms with van der Waals surface area (Å²) >= 11 is 0.996. The zero-order valence-corrected chi connectivity index (χ0v) is 11.6. The van der Waals surface area contributed by atoms with Crippen molar-refractivity contribution >= 4 is 17.7 Å². The van der Waals surface area contributed by atoms with E-state index in [1.54, 1.807) is 25.0 Å². The van der Waals surface area contributed by atoms with Gasteiger partial charge in [0.05, 0.1) is 25.0 Å². The van der Waals surface area contributed by atoms with Crippen LogP contribution >= 0.6 is 11.8 Å². The molecule has 1 unspecified atom stereocenters. The molecule has 1 aromatic rings. The summed E-state index contributed by atoms with van der Waals surface area (Å²) in [4.78, 5) is 25.6. The smallest absolute Gasteiger partial charge is 0.313 e. The topological polar surface area (TPSA) is 90.7 Å². The van der Waals surface area contributed by atoms with Gasteiger partial charge in [-0.15, -0.1) is 0 Å². The maximum atomic E-state index is 11.2. The molecule has 0 aliphatic rings. The first-order valence-electron chi connectivity index (χ1n) is 5.50. The number of hydrogen-bond acceptors (Lipinski definition) is 6. The summed E-state index contributed by atoms with van der Waals surface area (Å²) in [5.41, 5.74) is -0.398. The van der Waals surface area contributed by atoms with Gasteiger partial charge in [-0.2, -0.15) is 4.98 Å². The molecule has 7 nitrogen and oxygen atoms in total. The molecule has 0 saturated carbocycles. The van der Waals surface area contributed by atoms with Gasteiger partial charge in [0.15, 0.2) is 5.16 Å². The van der Waals surface area contributed by atoms with Crippen LogP contribution in [0, 0.1) is 0 Å². The molecule has 106 valence electrons. The molecule has 1 aromatic heterocycles. The van der Waals surface area contributed by atoms with Gasteiger partial charge in [-0.1, -0.05) is 11.8 Å². The summed E-state index contributed by atoms with van der Waals surface area (Å²) in [5.74, 6) is -1.12. The number of hydrogen-bond donors (Lipinski definition) is 1. The molecule has 1 atom stereocenters. The third-order valence-corrected chi connectivity index (χ3v) is 3.23. The summed E-state index contributed by atoms with van der Waals surface area (Å²) in [5, 5.41) is 9.02. The molecule has 0 fully saturated rings. The van der Waals surface area contributed by atoms with Crippen LogP contribution < -0.4 is 5.56 Å². The molecule has 0 radical (unpaired) electrons. The minimum Gasteiger partial charge on any atom is -0.481 e. The number of aromatic nitrogens is 2. The molecule has 0 bridgehead atoms. The van der Waals surface area contributed by atoms with E-state index in [1.807, 2.05) is 0 Å². The lowest BCUT2D eigenvalue weighted by atomic mass is 10.3. The molecule has 0 aromatic carbocycles. The Morgan fingerprint density at radius 2 is 2.32 bits per heavy atom. The quantitative estimate of drug-likeness (QED) is 0.535. The van der Waals surface area contributed by atoms with Crippen LogP contribution in [0.15, 0.2) is 22.2 Å². The largest absolute Gasteiger partial charge is 0.481 e. The first kappa shape index (κ1) is 15.7. The monoisotopic (exact) mass is 288 g/mol.